The van der Waals surface area contributed by atoms with Gasteiger partial charge in [-0.3, -0.25) is 4.79 Å². The largest absolute Gasteiger partial charge is 0.396 e. The van der Waals surface area contributed by atoms with Gasteiger partial charge in [0, 0.05) is 13.2 Å². The van der Waals surface area contributed by atoms with Crippen molar-refractivity contribution in [2.75, 3.05) is 13.2 Å². The minimum atomic E-state index is -0.527. The number of carbonyl (C=O) groups is 1. The average Bonchev–Trinajstić information content (AvgIpc) is 2.30. The number of halogens is 1. The third-order valence-electron chi connectivity index (χ3n) is 2.27. The van der Waals surface area contributed by atoms with Crippen molar-refractivity contribution in [1.82, 2.24) is 5.32 Å². The Balaban J connectivity index is 0.00000256. The van der Waals surface area contributed by atoms with Crippen molar-refractivity contribution >= 4 is 18.3 Å². The van der Waals surface area contributed by atoms with Crippen LogP contribution in [-0.2, 0) is 11.2 Å². The molecule has 4 nitrogen and oxygen atoms in total. The zero-order valence-corrected chi connectivity index (χ0v) is 10.5. The fourth-order valence-electron chi connectivity index (χ4n) is 1.38. The molecule has 0 bridgehead atoms. The van der Waals surface area contributed by atoms with Crippen molar-refractivity contribution in [3.8, 4) is 0 Å². The molecule has 1 rings (SSSR count). The molecule has 0 aromatic heterocycles. The molecule has 0 aliphatic rings. The molecule has 1 amide bonds. The molecule has 0 radical (unpaired) electrons. The van der Waals surface area contributed by atoms with Crippen LogP contribution in [-0.4, -0.2) is 30.2 Å². The molecule has 0 aliphatic carbocycles. The van der Waals surface area contributed by atoms with Crippen LogP contribution in [0.1, 0.15) is 12.0 Å². The lowest BCUT2D eigenvalue weighted by Gasteiger charge is -2.11. The van der Waals surface area contributed by atoms with E-state index >= 15 is 0 Å². The van der Waals surface area contributed by atoms with Crippen LogP contribution < -0.4 is 11.1 Å². The summed E-state index contributed by atoms with van der Waals surface area (Å²) in [6.45, 7) is 0.548. The molecule has 1 unspecified atom stereocenters. The van der Waals surface area contributed by atoms with Crippen molar-refractivity contribution in [2.24, 2.45) is 5.73 Å². The molecule has 0 spiro atoms. The first kappa shape index (κ1) is 15.9. The monoisotopic (exact) mass is 258 g/mol. The molecule has 96 valence electrons. The molecule has 0 saturated heterocycles. The van der Waals surface area contributed by atoms with E-state index in [1.165, 1.54) is 0 Å². The van der Waals surface area contributed by atoms with E-state index in [1.54, 1.807) is 0 Å². The fraction of sp³-hybridized carbons (Fsp3) is 0.417. The van der Waals surface area contributed by atoms with Crippen LogP contribution in [0.15, 0.2) is 30.3 Å². The Kier molecular flexibility index (Phi) is 8.40. The van der Waals surface area contributed by atoms with E-state index in [-0.39, 0.29) is 24.9 Å². The van der Waals surface area contributed by atoms with E-state index in [1.807, 2.05) is 30.3 Å². The van der Waals surface area contributed by atoms with Crippen molar-refractivity contribution in [3.05, 3.63) is 35.9 Å². The number of nitrogens with one attached hydrogen (secondary N) is 1. The maximum absolute atomic E-state index is 11.5. The van der Waals surface area contributed by atoms with Crippen molar-refractivity contribution in [2.45, 2.75) is 18.9 Å². The third-order valence-corrected chi connectivity index (χ3v) is 2.27. The Morgan fingerprint density at radius 2 is 2.00 bits per heavy atom. The normalized spacial score (nSPS) is 11.4. The number of rotatable bonds is 6. The van der Waals surface area contributed by atoms with Gasteiger partial charge in [-0.25, -0.2) is 0 Å². The van der Waals surface area contributed by atoms with Crippen molar-refractivity contribution < 1.29 is 9.90 Å². The predicted octanol–water partition coefficient (Wildman–Crippen LogP) is 0.477. The van der Waals surface area contributed by atoms with Crippen LogP contribution >= 0.6 is 12.4 Å². The first-order chi connectivity index (χ1) is 7.74. The van der Waals surface area contributed by atoms with Gasteiger partial charge in [0.05, 0.1) is 6.04 Å². The van der Waals surface area contributed by atoms with Crippen LogP contribution in [0, 0.1) is 0 Å². The highest BCUT2D eigenvalue weighted by Crippen LogP contribution is 2.01. The van der Waals surface area contributed by atoms with Crippen LogP contribution in [0.5, 0.6) is 0 Å². The van der Waals surface area contributed by atoms with Crippen molar-refractivity contribution in [1.29, 1.82) is 0 Å². The van der Waals surface area contributed by atoms with E-state index in [0.29, 0.717) is 19.4 Å². The van der Waals surface area contributed by atoms with E-state index in [4.69, 9.17) is 10.8 Å². The fourth-order valence-corrected chi connectivity index (χ4v) is 1.38. The molecule has 1 aromatic rings. The SMILES string of the molecule is Cl.NC(Cc1ccccc1)C(=O)NCCCO. The highest BCUT2D eigenvalue weighted by molar-refractivity contribution is 5.85. The Morgan fingerprint density at radius 1 is 1.35 bits per heavy atom. The topological polar surface area (TPSA) is 75.4 Å². The number of carbonyl (C=O) groups excluding carboxylic acids is 1. The quantitative estimate of drug-likeness (QED) is 0.650. The molecule has 0 saturated carbocycles. The number of nitrogens with two attached hydrogens (primary N) is 1. The third kappa shape index (κ3) is 6.26. The summed E-state index contributed by atoms with van der Waals surface area (Å²) in [5.41, 5.74) is 6.81. The minimum absolute atomic E-state index is 0. The van der Waals surface area contributed by atoms with Gasteiger partial charge in [0.15, 0.2) is 0 Å². The summed E-state index contributed by atoms with van der Waals surface area (Å²) in [5.74, 6) is -0.169. The van der Waals surface area contributed by atoms with Crippen LogP contribution in [0.3, 0.4) is 0 Å². The second-order valence-electron chi connectivity index (χ2n) is 3.66. The lowest BCUT2D eigenvalue weighted by atomic mass is 10.1. The molecular weight excluding hydrogens is 240 g/mol. The van der Waals surface area contributed by atoms with Crippen molar-refractivity contribution in [3.63, 3.8) is 0 Å². The number of hydrogen-bond acceptors (Lipinski definition) is 3. The number of benzene rings is 1. The first-order valence-electron chi connectivity index (χ1n) is 5.42. The second kappa shape index (κ2) is 8.98. The van der Waals surface area contributed by atoms with Crippen LogP contribution in [0.4, 0.5) is 0 Å². The summed E-state index contributed by atoms with van der Waals surface area (Å²) in [4.78, 5) is 11.5. The summed E-state index contributed by atoms with van der Waals surface area (Å²) in [6, 6.07) is 9.14. The smallest absolute Gasteiger partial charge is 0.237 e. The number of amides is 1. The van der Waals surface area contributed by atoms with Gasteiger partial charge in [-0.1, -0.05) is 30.3 Å². The zero-order valence-electron chi connectivity index (χ0n) is 9.63. The maximum Gasteiger partial charge on any atom is 0.237 e. The van der Waals surface area contributed by atoms with Gasteiger partial charge in [0.25, 0.3) is 0 Å². The Hall–Kier alpha value is -1.10. The summed E-state index contributed by atoms with van der Waals surface area (Å²) >= 11 is 0. The maximum atomic E-state index is 11.5. The Morgan fingerprint density at radius 3 is 2.59 bits per heavy atom. The van der Waals surface area contributed by atoms with Gasteiger partial charge in [-0.2, -0.15) is 0 Å². The molecule has 0 fully saturated rings. The standard InChI is InChI=1S/C12H18N2O2.ClH/c13-11(12(16)14-7-4-8-15)9-10-5-2-1-3-6-10;/h1-3,5-6,11,15H,4,7-9,13H2,(H,14,16);1H. The molecule has 0 aliphatic heterocycles. The van der Waals surface area contributed by atoms with Crippen LogP contribution in [0.25, 0.3) is 0 Å². The average molecular weight is 259 g/mol. The number of hydrogen-bond donors (Lipinski definition) is 3. The lowest BCUT2D eigenvalue weighted by molar-refractivity contribution is -0.122. The Labute approximate surface area is 108 Å². The van der Waals surface area contributed by atoms with Crippen LogP contribution in [0.2, 0.25) is 0 Å². The minimum Gasteiger partial charge on any atom is -0.396 e. The molecule has 17 heavy (non-hydrogen) atoms. The summed E-state index contributed by atoms with van der Waals surface area (Å²) < 4.78 is 0. The number of aliphatic hydroxyl groups excluding tert-OH is 1. The van der Waals surface area contributed by atoms with Gasteiger partial charge in [0.1, 0.15) is 0 Å². The molecule has 5 heteroatoms. The molecule has 1 atom stereocenters. The van der Waals surface area contributed by atoms with E-state index in [9.17, 15) is 4.79 Å². The molecule has 0 heterocycles. The van der Waals surface area contributed by atoms with E-state index < -0.39 is 6.04 Å². The predicted molar refractivity (Wildman–Crippen MR) is 70.1 cm³/mol. The van der Waals surface area contributed by atoms with Gasteiger partial charge in [-0.15, -0.1) is 12.4 Å². The van der Waals surface area contributed by atoms with E-state index in [2.05, 4.69) is 5.32 Å². The highest BCUT2D eigenvalue weighted by atomic mass is 35.5. The lowest BCUT2D eigenvalue weighted by Crippen LogP contribution is -2.42. The molecule has 1 aromatic carbocycles. The van der Waals surface area contributed by atoms with E-state index in [0.717, 1.165) is 5.56 Å². The summed E-state index contributed by atoms with van der Waals surface area (Å²) in [5, 5.41) is 11.3. The zero-order chi connectivity index (χ0) is 11.8. The van der Waals surface area contributed by atoms with Gasteiger partial charge >= 0.3 is 0 Å². The number of aliphatic hydroxyl groups is 1. The summed E-state index contributed by atoms with van der Waals surface area (Å²) in [7, 11) is 0. The summed E-state index contributed by atoms with van der Waals surface area (Å²) in [6.07, 6.45) is 1.09. The second-order valence-corrected chi connectivity index (χ2v) is 3.66. The first-order valence-corrected chi connectivity index (χ1v) is 5.42. The highest BCUT2D eigenvalue weighted by Gasteiger charge is 2.12. The molecular formula is C12H19ClN2O2. The van der Waals surface area contributed by atoms with Gasteiger partial charge in [0.2, 0.25) is 5.91 Å². The van der Waals surface area contributed by atoms with Gasteiger partial charge < -0.3 is 16.2 Å². The van der Waals surface area contributed by atoms with Gasteiger partial charge in [-0.05, 0) is 18.4 Å². The Bertz CT molecular complexity index is 320. The molecule has 4 N–H and O–H groups in total.